The summed E-state index contributed by atoms with van der Waals surface area (Å²) in [5.74, 6) is -0.300. The molecule has 1 unspecified atom stereocenters. The number of amides is 1. The van der Waals surface area contributed by atoms with E-state index in [2.05, 4.69) is 41.4 Å². The molecule has 4 rings (SSSR count). The molecule has 2 aliphatic rings. The third-order valence-corrected chi connectivity index (χ3v) is 6.58. The number of nitrogens with zero attached hydrogens (tertiary/aromatic N) is 1. The number of hydrogen-bond acceptors (Lipinski definition) is 4. The van der Waals surface area contributed by atoms with Crippen LogP contribution in [0.2, 0.25) is 0 Å². The van der Waals surface area contributed by atoms with Crippen molar-refractivity contribution in [1.82, 2.24) is 10.2 Å². The van der Waals surface area contributed by atoms with Gasteiger partial charge in [-0.25, -0.2) is 4.39 Å². The van der Waals surface area contributed by atoms with Crippen LogP contribution in [0.1, 0.15) is 35.6 Å². The fourth-order valence-electron chi connectivity index (χ4n) is 4.63. The van der Waals surface area contributed by atoms with E-state index in [1.54, 1.807) is 12.1 Å². The van der Waals surface area contributed by atoms with Crippen LogP contribution in [-0.2, 0) is 19.7 Å². The van der Waals surface area contributed by atoms with Crippen LogP contribution in [0.5, 0.6) is 0 Å². The molecule has 1 amide bonds. The Morgan fingerprint density at radius 2 is 1.61 bits per heavy atom. The highest BCUT2D eigenvalue weighted by Gasteiger charge is 2.42. The van der Waals surface area contributed by atoms with E-state index in [1.807, 2.05) is 0 Å². The first-order chi connectivity index (χ1) is 15.1. The molecular formula is C25H31FN2O3. The number of benzene rings is 2. The van der Waals surface area contributed by atoms with E-state index in [0.717, 1.165) is 18.7 Å². The van der Waals surface area contributed by atoms with E-state index in [9.17, 15) is 9.18 Å². The van der Waals surface area contributed by atoms with Gasteiger partial charge in [-0.15, -0.1) is 0 Å². The molecule has 0 spiro atoms. The Kier molecular flexibility index (Phi) is 7.00. The topological polar surface area (TPSA) is 50.8 Å². The summed E-state index contributed by atoms with van der Waals surface area (Å²) in [6, 6.07) is 14.9. The van der Waals surface area contributed by atoms with Crippen LogP contribution >= 0.6 is 0 Å². The highest BCUT2D eigenvalue weighted by atomic mass is 19.1. The van der Waals surface area contributed by atoms with E-state index in [-0.39, 0.29) is 17.8 Å². The van der Waals surface area contributed by atoms with Gasteiger partial charge < -0.3 is 14.8 Å². The number of halogens is 1. The first-order valence-electron chi connectivity index (χ1n) is 11.1. The van der Waals surface area contributed by atoms with Crippen molar-refractivity contribution in [3.63, 3.8) is 0 Å². The maximum absolute atomic E-state index is 13.6. The Hall–Kier alpha value is -2.28. The van der Waals surface area contributed by atoms with Crippen molar-refractivity contribution in [3.05, 3.63) is 71.0 Å². The third-order valence-electron chi connectivity index (χ3n) is 6.58. The van der Waals surface area contributed by atoms with Crippen molar-refractivity contribution in [1.29, 1.82) is 0 Å². The maximum atomic E-state index is 13.6. The monoisotopic (exact) mass is 426 g/mol. The zero-order valence-corrected chi connectivity index (χ0v) is 18.1. The predicted octanol–water partition coefficient (Wildman–Crippen LogP) is 3.37. The first-order valence-corrected chi connectivity index (χ1v) is 11.1. The highest BCUT2D eigenvalue weighted by molar-refractivity contribution is 5.88. The number of morpholine rings is 1. The molecule has 1 atom stereocenters. The second-order valence-electron chi connectivity index (χ2n) is 8.49. The van der Waals surface area contributed by atoms with Gasteiger partial charge in [0.15, 0.2) is 0 Å². The van der Waals surface area contributed by atoms with Crippen LogP contribution in [0.15, 0.2) is 48.5 Å². The summed E-state index contributed by atoms with van der Waals surface area (Å²) < 4.78 is 24.6. The number of hydrogen-bond donors (Lipinski definition) is 1. The number of carbonyl (C=O) groups is 1. The van der Waals surface area contributed by atoms with Crippen LogP contribution in [0.3, 0.4) is 0 Å². The quantitative estimate of drug-likeness (QED) is 0.770. The lowest BCUT2D eigenvalue weighted by atomic mass is 9.73. The van der Waals surface area contributed by atoms with E-state index in [0.29, 0.717) is 45.8 Å². The SMILES string of the molecule is Cc1ccc(C(CNC(=O)C2(c3ccc(F)cc3)CCOCC2)N2CCOCC2)cc1. The lowest BCUT2D eigenvalue weighted by Gasteiger charge is -2.38. The Morgan fingerprint density at radius 3 is 2.26 bits per heavy atom. The summed E-state index contributed by atoms with van der Waals surface area (Å²) in [5, 5.41) is 3.25. The molecule has 0 saturated carbocycles. The molecule has 166 valence electrons. The number of ether oxygens (including phenoxy) is 2. The lowest BCUT2D eigenvalue weighted by molar-refractivity contribution is -0.130. The molecule has 2 fully saturated rings. The average Bonchev–Trinajstić information content (AvgIpc) is 2.82. The first kappa shape index (κ1) is 21.9. The average molecular weight is 427 g/mol. The molecule has 0 aromatic heterocycles. The van der Waals surface area contributed by atoms with Gasteiger partial charge in [-0.1, -0.05) is 42.0 Å². The van der Waals surface area contributed by atoms with Gasteiger partial charge in [0.2, 0.25) is 5.91 Å². The number of carbonyl (C=O) groups excluding carboxylic acids is 1. The lowest BCUT2D eigenvalue weighted by Crippen LogP contribution is -2.51. The minimum atomic E-state index is -0.686. The molecule has 2 heterocycles. The zero-order valence-electron chi connectivity index (χ0n) is 18.1. The standard InChI is InChI=1S/C25H31FN2O3/c1-19-2-4-20(5-3-19)23(28-12-16-31-17-13-28)18-27-24(29)25(10-14-30-15-11-25)21-6-8-22(26)9-7-21/h2-9,23H,10-18H2,1H3,(H,27,29). The molecule has 0 radical (unpaired) electrons. The highest BCUT2D eigenvalue weighted by Crippen LogP contribution is 2.35. The molecule has 0 aliphatic carbocycles. The fraction of sp³-hybridized carbons (Fsp3) is 0.480. The molecule has 5 nitrogen and oxygen atoms in total. The summed E-state index contributed by atoms with van der Waals surface area (Å²) in [6.45, 7) is 6.72. The molecule has 31 heavy (non-hydrogen) atoms. The van der Waals surface area contributed by atoms with Crippen molar-refractivity contribution in [3.8, 4) is 0 Å². The van der Waals surface area contributed by atoms with Crippen molar-refractivity contribution >= 4 is 5.91 Å². The minimum Gasteiger partial charge on any atom is -0.381 e. The Balaban J connectivity index is 1.55. The van der Waals surface area contributed by atoms with Gasteiger partial charge in [-0.05, 0) is 43.0 Å². The van der Waals surface area contributed by atoms with Crippen LogP contribution in [-0.4, -0.2) is 56.9 Å². The smallest absolute Gasteiger partial charge is 0.230 e. The van der Waals surface area contributed by atoms with E-state index in [1.165, 1.54) is 23.3 Å². The summed E-state index contributed by atoms with van der Waals surface area (Å²) in [6.07, 6.45) is 1.19. The number of rotatable bonds is 6. The summed E-state index contributed by atoms with van der Waals surface area (Å²) >= 11 is 0. The Morgan fingerprint density at radius 1 is 1.00 bits per heavy atom. The molecule has 6 heteroatoms. The Bertz CT molecular complexity index is 857. The van der Waals surface area contributed by atoms with Crippen molar-refractivity contribution in [2.75, 3.05) is 46.1 Å². The largest absolute Gasteiger partial charge is 0.381 e. The van der Waals surface area contributed by atoms with Crippen molar-refractivity contribution in [2.24, 2.45) is 0 Å². The van der Waals surface area contributed by atoms with Crippen molar-refractivity contribution in [2.45, 2.75) is 31.2 Å². The summed E-state index contributed by atoms with van der Waals surface area (Å²) in [4.78, 5) is 16.0. The molecule has 2 aliphatic heterocycles. The second kappa shape index (κ2) is 9.90. The van der Waals surface area contributed by atoms with Gasteiger partial charge in [0.1, 0.15) is 5.82 Å². The van der Waals surface area contributed by atoms with Gasteiger partial charge in [0, 0.05) is 32.8 Å². The molecule has 2 saturated heterocycles. The van der Waals surface area contributed by atoms with Gasteiger partial charge in [-0.3, -0.25) is 9.69 Å². The van der Waals surface area contributed by atoms with E-state index >= 15 is 0 Å². The maximum Gasteiger partial charge on any atom is 0.230 e. The molecule has 1 N–H and O–H groups in total. The fourth-order valence-corrected chi connectivity index (χ4v) is 4.63. The number of nitrogens with one attached hydrogen (secondary N) is 1. The Labute approximate surface area is 183 Å². The minimum absolute atomic E-state index is 0.00669. The van der Waals surface area contributed by atoms with Crippen LogP contribution < -0.4 is 5.32 Å². The van der Waals surface area contributed by atoms with Gasteiger partial charge in [0.25, 0.3) is 0 Å². The molecular weight excluding hydrogens is 395 g/mol. The van der Waals surface area contributed by atoms with Gasteiger partial charge in [0.05, 0.1) is 24.7 Å². The zero-order chi connectivity index (χ0) is 21.7. The molecule has 2 aromatic rings. The molecule has 2 aromatic carbocycles. The predicted molar refractivity (Wildman–Crippen MR) is 117 cm³/mol. The van der Waals surface area contributed by atoms with Crippen molar-refractivity contribution < 1.29 is 18.7 Å². The summed E-state index contributed by atoms with van der Waals surface area (Å²) in [7, 11) is 0. The van der Waals surface area contributed by atoms with Crippen LogP contribution in [0.25, 0.3) is 0 Å². The van der Waals surface area contributed by atoms with Crippen LogP contribution in [0, 0.1) is 12.7 Å². The molecule has 0 bridgehead atoms. The van der Waals surface area contributed by atoms with E-state index < -0.39 is 5.41 Å². The van der Waals surface area contributed by atoms with Gasteiger partial charge >= 0.3 is 0 Å². The van der Waals surface area contributed by atoms with Gasteiger partial charge in [-0.2, -0.15) is 0 Å². The van der Waals surface area contributed by atoms with Crippen LogP contribution in [0.4, 0.5) is 4.39 Å². The second-order valence-corrected chi connectivity index (χ2v) is 8.49. The number of aryl methyl sites for hydroxylation is 1. The van der Waals surface area contributed by atoms with E-state index in [4.69, 9.17) is 9.47 Å². The summed E-state index contributed by atoms with van der Waals surface area (Å²) in [5.41, 5.74) is 2.57. The normalized spacial score (nSPS) is 20.2. The third kappa shape index (κ3) is 4.97.